The van der Waals surface area contributed by atoms with E-state index >= 15 is 0 Å². The number of nitrogens with one attached hydrogen (secondary N) is 2. The van der Waals surface area contributed by atoms with Crippen LogP contribution >= 0.6 is 0 Å². The van der Waals surface area contributed by atoms with Crippen LogP contribution in [0.2, 0.25) is 0 Å². The molecule has 1 saturated heterocycles. The van der Waals surface area contributed by atoms with Crippen molar-refractivity contribution in [3.63, 3.8) is 0 Å². The van der Waals surface area contributed by atoms with E-state index in [4.69, 9.17) is 0 Å². The SMILES string of the molecule is Cc1ccc2c(c1)CC(NCCC1CCCN1)C2. The highest BCUT2D eigenvalue weighted by Gasteiger charge is 2.21. The van der Waals surface area contributed by atoms with Crippen molar-refractivity contribution in [3.8, 4) is 0 Å². The summed E-state index contributed by atoms with van der Waals surface area (Å²) in [7, 11) is 0. The summed E-state index contributed by atoms with van der Waals surface area (Å²) in [6.45, 7) is 4.57. The van der Waals surface area contributed by atoms with E-state index in [1.165, 1.54) is 44.2 Å². The van der Waals surface area contributed by atoms with Crippen molar-refractivity contribution in [1.82, 2.24) is 10.6 Å². The van der Waals surface area contributed by atoms with Crippen LogP contribution in [0.5, 0.6) is 0 Å². The molecule has 2 atom stereocenters. The van der Waals surface area contributed by atoms with E-state index in [1.54, 1.807) is 11.1 Å². The molecule has 3 rings (SSSR count). The van der Waals surface area contributed by atoms with Crippen LogP contribution in [0.15, 0.2) is 18.2 Å². The summed E-state index contributed by atoms with van der Waals surface area (Å²) in [6.07, 6.45) is 6.44. The van der Waals surface area contributed by atoms with Crippen LogP contribution < -0.4 is 10.6 Å². The fourth-order valence-electron chi connectivity index (χ4n) is 3.36. The molecule has 0 bridgehead atoms. The maximum Gasteiger partial charge on any atom is 0.0148 e. The Labute approximate surface area is 110 Å². The summed E-state index contributed by atoms with van der Waals surface area (Å²) in [5, 5.41) is 7.30. The molecular weight excluding hydrogens is 220 g/mol. The van der Waals surface area contributed by atoms with Gasteiger partial charge in [-0.25, -0.2) is 0 Å². The highest BCUT2D eigenvalue weighted by molar-refractivity contribution is 5.36. The quantitative estimate of drug-likeness (QED) is 0.848. The lowest BCUT2D eigenvalue weighted by Crippen LogP contribution is -2.34. The zero-order valence-corrected chi connectivity index (χ0v) is 11.3. The number of rotatable bonds is 4. The summed E-state index contributed by atoms with van der Waals surface area (Å²) in [5.41, 5.74) is 4.51. The van der Waals surface area contributed by atoms with Crippen LogP contribution in [0.4, 0.5) is 0 Å². The maximum absolute atomic E-state index is 3.73. The predicted octanol–water partition coefficient (Wildman–Crippen LogP) is 2.19. The van der Waals surface area contributed by atoms with Gasteiger partial charge < -0.3 is 10.6 Å². The molecular formula is C16H24N2. The molecule has 0 spiro atoms. The first kappa shape index (κ1) is 12.2. The number of fused-ring (bicyclic) bond motifs is 1. The van der Waals surface area contributed by atoms with E-state index in [2.05, 4.69) is 35.8 Å². The van der Waals surface area contributed by atoms with Gasteiger partial charge in [-0.2, -0.15) is 0 Å². The molecule has 0 radical (unpaired) electrons. The standard InChI is InChI=1S/C16H24N2/c1-12-4-5-13-10-16(11-14(13)9-12)18-8-6-15-3-2-7-17-15/h4-5,9,15-18H,2-3,6-8,10-11H2,1H3. The Hall–Kier alpha value is -0.860. The average molecular weight is 244 g/mol. The van der Waals surface area contributed by atoms with Gasteiger partial charge in [0.15, 0.2) is 0 Å². The maximum atomic E-state index is 3.73. The zero-order chi connectivity index (χ0) is 12.4. The Balaban J connectivity index is 1.46. The smallest absolute Gasteiger partial charge is 0.0148 e. The van der Waals surface area contributed by atoms with Crippen LogP contribution in [-0.4, -0.2) is 25.2 Å². The molecule has 0 saturated carbocycles. The second-order valence-electron chi connectivity index (χ2n) is 5.91. The predicted molar refractivity (Wildman–Crippen MR) is 76.0 cm³/mol. The van der Waals surface area contributed by atoms with Crippen LogP contribution in [0.1, 0.15) is 36.0 Å². The molecule has 1 aromatic rings. The van der Waals surface area contributed by atoms with Crippen LogP contribution in [-0.2, 0) is 12.8 Å². The summed E-state index contributed by atoms with van der Waals surface area (Å²) >= 11 is 0. The first-order valence-electron chi connectivity index (χ1n) is 7.36. The molecule has 0 aromatic heterocycles. The van der Waals surface area contributed by atoms with Crippen LogP contribution in [0.25, 0.3) is 0 Å². The Kier molecular flexibility index (Phi) is 3.67. The number of hydrogen-bond donors (Lipinski definition) is 2. The third-order valence-electron chi connectivity index (χ3n) is 4.38. The second-order valence-corrected chi connectivity index (χ2v) is 5.91. The Bertz CT molecular complexity index is 408. The molecule has 18 heavy (non-hydrogen) atoms. The number of benzene rings is 1. The lowest BCUT2D eigenvalue weighted by molar-refractivity contribution is 0.474. The van der Waals surface area contributed by atoms with Gasteiger partial charge in [0.2, 0.25) is 0 Å². The van der Waals surface area contributed by atoms with Gasteiger partial charge in [0.1, 0.15) is 0 Å². The van der Waals surface area contributed by atoms with Gasteiger partial charge in [-0.1, -0.05) is 23.8 Å². The highest BCUT2D eigenvalue weighted by Crippen LogP contribution is 2.23. The van der Waals surface area contributed by atoms with E-state index < -0.39 is 0 Å². The largest absolute Gasteiger partial charge is 0.314 e. The third kappa shape index (κ3) is 2.76. The minimum atomic E-state index is 0.670. The molecule has 2 heteroatoms. The van der Waals surface area contributed by atoms with Crippen molar-refractivity contribution in [2.75, 3.05) is 13.1 Å². The molecule has 2 nitrogen and oxygen atoms in total. The molecule has 1 aliphatic heterocycles. The van der Waals surface area contributed by atoms with Crippen LogP contribution in [0, 0.1) is 6.92 Å². The second kappa shape index (κ2) is 5.41. The molecule has 2 N–H and O–H groups in total. The van der Waals surface area contributed by atoms with Gasteiger partial charge in [0, 0.05) is 12.1 Å². The van der Waals surface area contributed by atoms with Crippen molar-refractivity contribution in [1.29, 1.82) is 0 Å². The van der Waals surface area contributed by atoms with E-state index in [9.17, 15) is 0 Å². The van der Waals surface area contributed by atoms with Gasteiger partial charge in [0.05, 0.1) is 0 Å². The van der Waals surface area contributed by atoms with E-state index in [0.717, 1.165) is 12.6 Å². The zero-order valence-electron chi connectivity index (χ0n) is 11.3. The Morgan fingerprint density at radius 2 is 2.17 bits per heavy atom. The van der Waals surface area contributed by atoms with E-state index in [0.29, 0.717) is 6.04 Å². The monoisotopic (exact) mass is 244 g/mol. The Morgan fingerprint density at radius 1 is 1.28 bits per heavy atom. The third-order valence-corrected chi connectivity index (χ3v) is 4.38. The van der Waals surface area contributed by atoms with Crippen molar-refractivity contribution in [2.45, 2.75) is 51.1 Å². The van der Waals surface area contributed by atoms with Crippen molar-refractivity contribution in [3.05, 3.63) is 34.9 Å². The minimum absolute atomic E-state index is 0.670. The van der Waals surface area contributed by atoms with Crippen molar-refractivity contribution >= 4 is 0 Å². The lowest BCUT2D eigenvalue weighted by atomic mass is 10.1. The summed E-state index contributed by atoms with van der Waals surface area (Å²) in [6, 6.07) is 8.34. The normalized spacial score (nSPS) is 26.5. The summed E-state index contributed by atoms with van der Waals surface area (Å²) in [5.74, 6) is 0. The molecule has 1 aliphatic carbocycles. The van der Waals surface area contributed by atoms with Gasteiger partial charge >= 0.3 is 0 Å². The molecule has 0 amide bonds. The first-order chi connectivity index (χ1) is 8.81. The van der Waals surface area contributed by atoms with E-state index in [1.807, 2.05) is 0 Å². The average Bonchev–Trinajstić information content (AvgIpc) is 2.97. The lowest BCUT2D eigenvalue weighted by Gasteiger charge is -2.14. The molecule has 1 heterocycles. The van der Waals surface area contributed by atoms with Crippen molar-refractivity contribution in [2.24, 2.45) is 0 Å². The molecule has 1 aromatic carbocycles. The molecule has 2 aliphatic rings. The molecule has 1 fully saturated rings. The first-order valence-corrected chi connectivity index (χ1v) is 7.36. The minimum Gasteiger partial charge on any atom is -0.314 e. The summed E-state index contributed by atoms with van der Waals surface area (Å²) in [4.78, 5) is 0. The molecule has 98 valence electrons. The fraction of sp³-hybridized carbons (Fsp3) is 0.625. The highest BCUT2D eigenvalue weighted by atomic mass is 15.0. The Morgan fingerprint density at radius 3 is 3.00 bits per heavy atom. The van der Waals surface area contributed by atoms with Gasteiger partial charge in [-0.15, -0.1) is 0 Å². The van der Waals surface area contributed by atoms with Gasteiger partial charge in [0.25, 0.3) is 0 Å². The van der Waals surface area contributed by atoms with Gasteiger partial charge in [-0.05, 0) is 63.2 Å². The van der Waals surface area contributed by atoms with E-state index in [-0.39, 0.29) is 0 Å². The summed E-state index contributed by atoms with van der Waals surface area (Å²) < 4.78 is 0. The molecule has 2 unspecified atom stereocenters. The topological polar surface area (TPSA) is 24.1 Å². The van der Waals surface area contributed by atoms with Crippen molar-refractivity contribution < 1.29 is 0 Å². The van der Waals surface area contributed by atoms with Gasteiger partial charge in [-0.3, -0.25) is 0 Å². The van der Waals surface area contributed by atoms with Crippen LogP contribution in [0.3, 0.4) is 0 Å². The fourth-order valence-corrected chi connectivity index (χ4v) is 3.36. The number of hydrogen-bond acceptors (Lipinski definition) is 2. The number of aryl methyl sites for hydroxylation is 1.